The number of aryl methyl sites for hydroxylation is 1. The van der Waals surface area contributed by atoms with Crippen LogP contribution in [0.1, 0.15) is 64.9 Å². The van der Waals surface area contributed by atoms with Gasteiger partial charge in [0.15, 0.2) is 0 Å². The van der Waals surface area contributed by atoms with Crippen LogP contribution in [0.5, 0.6) is 5.75 Å². The Labute approximate surface area is 187 Å². The van der Waals surface area contributed by atoms with E-state index in [0.717, 1.165) is 79.9 Å². The van der Waals surface area contributed by atoms with Gasteiger partial charge in [-0.05, 0) is 69.7 Å². The van der Waals surface area contributed by atoms with Gasteiger partial charge in [0.2, 0.25) is 0 Å². The highest BCUT2D eigenvalue weighted by atomic mass is 16.5. The maximum atomic E-state index is 8.31. The van der Waals surface area contributed by atoms with Crippen molar-refractivity contribution in [3.8, 4) is 17.0 Å². The number of benzene rings is 1. The lowest BCUT2D eigenvalue weighted by atomic mass is 9.95. The van der Waals surface area contributed by atoms with Crippen LogP contribution in [0, 0.1) is 17.2 Å². The molecule has 0 radical (unpaired) electrons. The van der Waals surface area contributed by atoms with E-state index >= 15 is 0 Å². The number of aromatic nitrogens is 2. The van der Waals surface area contributed by atoms with Gasteiger partial charge in [-0.15, -0.1) is 0 Å². The average molecular weight is 426 g/mol. The zero-order valence-corrected chi connectivity index (χ0v) is 19.6. The minimum absolute atomic E-state index is 0.469. The molecule has 0 aliphatic carbocycles. The van der Waals surface area contributed by atoms with E-state index in [2.05, 4.69) is 30.7 Å². The second-order valence-corrected chi connectivity index (χ2v) is 9.18. The number of piperidine rings is 1. The Balaban J connectivity index is 1.84. The summed E-state index contributed by atoms with van der Waals surface area (Å²) < 4.78 is 8.30. The van der Waals surface area contributed by atoms with E-state index in [4.69, 9.17) is 20.9 Å². The maximum absolute atomic E-state index is 8.31. The minimum atomic E-state index is 0.469. The molecule has 0 spiro atoms. The molecule has 31 heavy (non-hydrogen) atoms. The summed E-state index contributed by atoms with van der Waals surface area (Å²) in [6, 6.07) is 5.96. The van der Waals surface area contributed by atoms with Crippen LogP contribution in [0.2, 0.25) is 0 Å². The van der Waals surface area contributed by atoms with Gasteiger partial charge in [0.1, 0.15) is 17.3 Å². The second kappa shape index (κ2) is 10.8. The summed E-state index contributed by atoms with van der Waals surface area (Å²) in [4.78, 5) is 4.84. The van der Waals surface area contributed by atoms with Crippen molar-refractivity contribution in [1.29, 1.82) is 5.41 Å². The molecule has 1 aromatic heterocycles. The number of rotatable bonds is 10. The van der Waals surface area contributed by atoms with Crippen LogP contribution >= 0.6 is 0 Å². The number of hydrogen-bond donors (Lipinski definition) is 3. The SMILES string of the molecule is CCCc1nc(C(C)=N)c(-c2ccc(OCCC3CCNCC3)cc2N)n1CC(C)C. The van der Waals surface area contributed by atoms with Crippen LogP contribution in [0.4, 0.5) is 5.69 Å². The molecule has 1 aliphatic rings. The number of ether oxygens (including phenoxy) is 1. The van der Waals surface area contributed by atoms with Crippen LogP contribution in [-0.4, -0.2) is 35.0 Å². The Hall–Kier alpha value is -2.34. The smallest absolute Gasteiger partial charge is 0.121 e. The summed E-state index contributed by atoms with van der Waals surface area (Å²) in [5.74, 6) is 3.07. The van der Waals surface area contributed by atoms with Gasteiger partial charge in [-0.3, -0.25) is 0 Å². The third kappa shape index (κ3) is 5.88. The highest BCUT2D eigenvalue weighted by molar-refractivity contribution is 6.01. The molecular formula is C25H39N5O. The lowest BCUT2D eigenvalue weighted by molar-refractivity contribution is 0.252. The minimum Gasteiger partial charge on any atom is -0.494 e. The fourth-order valence-corrected chi connectivity index (χ4v) is 4.37. The summed E-state index contributed by atoms with van der Waals surface area (Å²) in [5.41, 5.74) is 10.3. The van der Waals surface area contributed by atoms with Gasteiger partial charge in [-0.2, -0.15) is 0 Å². The number of anilines is 1. The molecule has 0 saturated carbocycles. The molecule has 6 nitrogen and oxygen atoms in total. The molecule has 2 aromatic rings. The van der Waals surface area contributed by atoms with E-state index in [1.54, 1.807) is 6.92 Å². The third-order valence-electron chi connectivity index (χ3n) is 5.95. The predicted molar refractivity (Wildman–Crippen MR) is 129 cm³/mol. The van der Waals surface area contributed by atoms with Crippen molar-refractivity contribution in [3.63, 3.8) is 0 Å². The van der Waals surface area contributed by atoms with E-state index < -0.39 is 0 Å². The quantitative estimate of drug-likeness (QED) is 0.373. The summed E-state index contributed by atoms with van der Waals surface area (Å²) in [6.07, 6.45) is 5.46. The zero-order valence-electron chi connectivity index (χ0n) is 19.6. The monoisotopic (exact) mass is 425 g/mol. The van der Waals surface area contributed by atoms with Crippen molar-refractivity contribution in [1.82, 2.24) is 14.9 Å². The zero-order chi connectivity index (χ0) is 22.4. The number of hydrogen-bond acceptors (Lipinski definition) is 5. The highest BCUT2D eigenvalue weighted by Crippen LogP contribution is 2.34. The molecule has 2 heterocycles. The molecule has 0 bridgehead atoms. The Kier molecular flexibility index (Phi) is 8.13. The van der Waals surface area contributed by atoms with Crippen molar-refractivity contribution >= 4 is 11.4 Å². The summed E-state index contributed by atoms with van der Waals surface area (Å²) in [5, 5.41) is 11.7. The fourth-order valence-electron chi connectivity index (χ4n) is 4.37. The molecule has 170 valence electrons. The van der Waals surface area contributed by atoms with Gasteiger partial charge in [-0.1, -0.05) is 20.8 Å². The number of nitrogens with one attached hydrogen (secondary N) is 2. The molecule has 0 unspecified atom stereocenters. The van der Waals surface area contributed by atoms with E-state index in [1.807, 2.05) is 18.2 Å². The molecule has 4 N–H and O–H groups in total. The standard InChI is InChI=1S/C25H39N5O/c1-5-6-23-29-24(18(4)26)25(30(23)16-17(2)3)21-8-7-20(15-22(21)27)31-14-11-19-9-12-28-13-10-19/h7-8,15,17,19,26,28H,5-6,9-14,16,27H2,1-4H3. The van der Waals surface area contributed by atoms with Gasteiger partial charge in [0.25, 0.3) is 0 Å². The van der Waals surface area contributed by atoms with Gasteiger partial charge >= 0.3 is 0 Å². The average Bonchev–Trinajstić information content (AvgIpc) is 3.07. The molecule has 1 aromatic carbocycles. The maximum Gasteiger partial charge on any atom is 0.121 e. The van der Waals surface area contributed by atoms with Crippen LogP contribution in [0.25, 0.3) is 11.3 Å². The summed E-state index contributed by atoms with van der Waals surface area (Å²) in [6.45, 7) is 12.2. The molecule has 1 fully saturated rings. The Morgan fingerprint density at radius 1 is 1.32 bits per heavy atom. The van der Waals surface area contributed by atoms with Crippen molar-refractivity contribution in [3.05, 3.63) is 29.7 Å². The van der Waals surface area contributed by atoms with Crippen LogP contribution in [0.15, 0.2) is 18.2 Å². The first kappa shape index (κ1) is 23.3. The molecule has 3 rings (SSSR count). The fraction of sp³-hybridized carbons (Fsp3) is 0.600. The summed E-state index contributed by atoms with van der Waals surface area (Å²) in [7, 11) is 0. The van der Waals surface area contributed by atoms with Gasteiger partial charge < -0.3 is 25.8 Å². The Bertz CT molecular complexity index is 880. The molecule has 0 amide bonds. The van der Waals surface area contributed by atoms with Crippen molar-refractivity contribution in [2.75, 3.05) is 25.4 Å². The number of imidazole rings is 1. The number of nitrogen functional groups attached to an aromatic ring is 1. The van der Waals surface area contributed by atoms with Crippen LogP contribution < -0.4 is 15.8 Å². The lowest BCUT2D eigenvalue weighted by Gasteiger charge is -2.22. The van der Waals surface area contributed by atoms with E-state index in [-0.39, 0.29) is 0 Å². The third-order valence-corrected chi connectivity index (χ3v) is 5.95. The van der Waals surface area contributed by atoms with Crippen molar-refractivity contribution in [2.45, 2.75) is 66.3 Å². The van der Waals surface area contributed by atoms with Gasteiger partial charge in [-0.25, -0.2) is 4.98 Å². The number of nitrogens with zero attached hydrogens (tertiary/aromatic N) is 2. The molecule has 0 atom stereocenters. The lowest BCUT2D eigenvalue weighted by Crippen LogP contribution is -2.28. The first-order chi connectivity index (χ1) is 14.9. The molecule has 6 heteroatoms. The largest absolute Gasteiger partial charge is 0.494 e. The van der Waals surface area contributed by atoms with E-state index in [0.29, 0.717) is 17.3 Å². The van der Waals surface area contributed by atoms with Crippen LogP contribution in [-0.2, 0) is 13.0 Å². The van der Waals surface area contributed by atoms with Gasteiger partial charge in [0.05, 0.1) is 18.0 Å². The Morgan fingerprint density at radius 3 is 2.68 bits per heavy atom. The normalized spacial score (nSPS) is 14.9. The number of nitrogens with two attached hydrogens (primary N) is 1. The predicted octanol–water partition coefficient (Wildman–Crippen LogP) is 4.90. The first-order valence-corrected chi connectivity index (χ1v) is 11.8. The first-order valence-electron chi connectivity index (χ1n) is 11.8. The summed E-state index contributed by atoms with van der Waals surface area (Å²) >= 11 is 0. The van der Waals surface area contributed by atoms with E-state index in [9.17, 15) is 0 Å². The molecule has 1 saturated heterocycles. The Morgan fingerprint density at radius 2 is 2.06 bits per heavy atom. The van der Waals surface area contributed by atoms with E-state index in [1.165, 1.54) is 12.8 Å². The topological polar surface area (TPSA) is 88.9 Å². The van der Waals surface area contributed by atoms with Crippen molar-refractivity contribution in [2.24, 2.45) is 11.8 Å². The van der Waals surface area contributed by atoms with Gasteiger partial charge in [0, 0.05) is 30.3 Å². The second-order valence-electron chi connectivity index (χ2n) is 9.18. The van der Waals surface area contributed by atoms with Crippen molar-refractivity contribution < 1.29 is 4.74 Å². The molecule has 1 aliphatic heterocycles. The molecular weight excluding hydrogens is 386 g/mol. The van der Waals surface area contributed by atoms with Crippen LogP contribution in [0.3, 0.4) is 0 Å². The highest BCUT2D eigenvalue weighted by Gasteiger charge is 2.22.